The normalized spacial score (nSPS) is 15.5. The zero-order valence-corrected chi connectivity index (χ0v) is 19.3. The fourth-order valence-electron chi connectivity index (χ4n) is 3.77. The van der Waals surface area contributed by atoms with Crippen molar-refractivity contribution < 1.29 is 14.3 Å². The van der Waals surface area contributed by atoms with Gasteiger partial charge in [0, 0.05) is 35.3 Å². The Labute approximate surface area is 200 Å². The number of methoxy groups -OCH3 is 1. The van der Waals surface area contributed by atoms with Crippen molar-refractivity contribution in [3.05, 3.63) is 86.8 Å². The number of ether oxygens (including phenoxy) is 1. The molecule has 0 bridgehead atoms. The Morgan fingerprint density at radius 2 is 1.91 bits per heavy atom. The van der Waals surface area contributed by atoms with Crippen LogP contribution in [0, 0.1) is 5.92 Å². The van der Waals surface area contributed by atoms with E-state index >= 15 is 0 Å². The molecule has 170 valence electrons. The second-order valence-electron chi connectivity index (χ2n) is 7.69. The zero-order chi connectivity index (χ0) is 23.5. The first-order valence-electron chi connectivity index (χ1n) is 10.2. The summed E-state index contributed by atoms with van der Waals surface area (Å²) in [7, 11) is 1.51. The molecule has 1 saturated heterocycles. The van der Waals surface area contributed by atoms with Crippen LogP contribution in [-0.4, -0.2) is 30.0 Å². The molecule has 0 spiro atoms. The van der Waals surface area contributed by atoms with Gasteiger partial charge in [0.05, 0.1) is 30.9 Å². The number of carbonyl (C=O) groups excluding carboxylic acids is 2. The minimum Gasteiger partial charge on any atom is -0.495 e. The third kappa shape index (κ3) is 5.05. The van der Waals surface area contributed by atoms with Gasteiger partial charge in [-0.15, -0.1) is 0 Å². The molecule has 33 heavy (non-hydrogen) atoms. The highest BCUT2D eigenvalue weighted by Crippen LogP contribution is 2.35. The molecule has 0 aliphatic carbocycles. The SMILES string of the molecule is COc1ccc(Cl)cc1N1CC(C(=O)Nc2ccc(=O)n(Cc3ccccc3Cl)c2)CC1=O. The summed E-state index contributed by atoms with van der Waals surface area (Å²) in [5.41, 5.74) is 1.55. The molecule has 0 saturated carbocycles. The molecule has 1 atom stereocenters. The molecule has 4 rings (SSSR count). The van der Waals surface area contributed by atoms with Gasteiger partial charge in [-0.2, -0.15) is 0 Å². The molecule has 0 radical (unpaired) electrons. The van der Waals surface area contributed by atoms with E-state index in [2.05, 4.69) is 5.32 Å². The molecular formula is C24H21Cl2N3O4. The first-order chi connectivity index (χ1) is 15.9. The lowest BCUT2D eigenvalue weighted by atomic mass is 10.1. The number of hydrogen-bond acceptors (Lipinski definition) is 4. The Bertz CT molecular complexity index is 1270. The molecule has 1 aliphatic rings. The van der Waals surface area contributed by atoms with Gasteiger partial charge in [-0.1, -0.05) is 41.4 Å². The van der Waals surface area contributed by atoms with Gasteiger partial charge in [-0.05, 0) is 35.9 Å². The third-order valence-electron chi connectivity index (χ3n) is 5.48. The van der Waals surface area contributed by atoms with Crippen LogP contribution in [0.1, 0.15) is 12.0 Å². The molecule has 1 fully saturated rings. The lowest BCUT2D eigenvalue weighted by Gasteiger charge is -2.20. The number of amides is 2. The van der Waals surface area contributed by atoms with Crippen LogP contribution < -0.4 is 20.5 Å². The van der Waals surface area contributed by atoms with Gasteiger partial charge >= 0.3 is 0 Å². The van der Waals surface area contributed by atoms with Gasteiger partial charge in [0.2, 0.25) is 11.8 Å². The molecule has 2 aromatic carbocycles. The second kappa shape index (κ2) is 9.68. The molecule has 1 unspecified atom stereocenters. The molecule has 1 aromatic heterocycles. The third-order valence-corrected chi connectivity index (χ3v) is 6.08. The lowest BCUT2D eigenvalue weighted by Crippen LogP contribution is -2.29. The van der Waals surface area contributed by atoms with Crippen molar-refractivity contribution >= 4 is 46.4 Å². The van der Waals surface area contributed by atoms with Gasteiger partial charge in [0.25, 0.3) is 5.56 Å². The smallest absolute Gasteiger partial charge is 0.250 e. The fraction of sp³-hybridized carbons (Fsp3) is 0.208. The standard InChI is InChI=1S/C24H21Cl2N3O4/c1-33-21-8-6-17(25)11-20(21)29-13-16(10-23(29)31)24(32)27-18-7-9-22(30)28(14-18)12-15-4-2-3-5-19(15)26/h2-9,11,14,16H,10,12-13H2,1H3,(H,27,32). The largest absolute Gasteiger partial charge is 0.495 e. The van der Waals surface area contributed by atoms with Crippen molar-refractivity contribution in [1.82, 2.24) is 4.57 Å². The topological polar surface area (TPSA) is 80.6 Å². The van der Waals surface area contributed by atoms with Crippen LogP contribution >= 0.6 is 23.2 Å². The molecule has 2 heterocycles. The minimum absolute atomic E-state index is 0.0563. The predicted molar refractivity (Wildman–Crippen MR) is 128 cm³/mol. The number of rotatable bonds is 6. The van der Waals surface area contributed by atoms with E-state index in [1.54, 1.807) is 30.5 Å². The van der Waals surface area contributed by atoms with E-state index in [1.807, 2.05) is 18.2 Å². The Morgan fingerprint density at radius 3 is 2.67 bits per heavy atom. The lowest BCUT2D eigenvalue weighted by molar-refractivity contribution is -0.122. The van der Waals surface area contributed by atoms with Crippen molar-refractivity contribution in [2.75, 3.05) is 23.9 Å². The van der Waals surface area contributed by atoms with E-state index in [0.717, 1.165) is 5.56 Å². The zero-order valence-electron chi connectivity index (χ0n) is 17.8. The number of benzene rings is 2. The Hall–Kier alpha value is -3.29. The first kappa shape index (κ1) is 22.9. The summed E-state index contributed by atoms with van der Waals surface area (Å²) in [4.78, 5) is 39.4. The summed E-state index contributed by atoms with van der Waals surface area (Å²) in [5.74, 6) is -0.570. The summed E-state index contributed by atoms with van der Waals surface area (Å²) in [6, 6.07) is 15.2. The summed E-state index contributed by atoms with van der Waals surface area (Å²) >= 11 is 12.3. The van der Waals surface area contributed by atoms with E-state index < -0.39 is 5.92 Å². The number of nitrogens with zero attached hydrogens (tertiary/aromatic N) is 2. The van der Waals surface area contributed by atoms with Gasteiger partial charge < -0.3 is 19.5 Å². The molecule has 9 heteroatoms. The highest BCUT2D eigenvalue weighted by atomic mass is 35.5. The number of aromatic nitrogens is 1. The molecule has 1 aliphatic heterocycles. The van der Waals surface area contributed by atoms with Gasteiger partial charge in [-0.25, -0.2) is 0 Å². The minimum atomic E-state index is -0.565. The average Bonchev–Trinajstić information content (AvgIpc) is 3.19. The average molecular weight is 486 g/mol. The Kier molecular flexibility index (Phi) is 6.72. The van der Waals surface area contributed by atoms with Crippen molar-refractivity contribution in [3.8, 4) is 5.75 Å². The summed E-state index contributed by atoms with van der Waals surface area (Å²) < 4.78 is 6.81. The highest BCUT2D eigenvalue weighted by molar-refractivity contribution is 6.31. The van der Waals surface area contributed by atoms with E-state index in [9.17, 15) is 14.4 Å². The molecule has 2 amide bonds. The monoisotopic (exact) mass is 485 g/mol. The van der Waals surface area contributed by atoms with E-state index in [4.69, 9.17) is 27.9 Å². The van der Waals surface area contributed by atoms with E-state index in [0.29, 0.717) is 27.2 Å². The van der Waals surface area contributed by atoms with Gasteiger partial charge in [0.1, 0.15) is 5.75 Å². The van der Waals surface area contributed by atoms with Crippen LogP contribution in [0.4, 0.5) is 11.4 Å². The maximum absolute atomic E-state index is 12.9. The number of hydrogen-bond donors (Lipinski definition) is 1. The van der Waals surface area contributed by atoms with Gasteiger partial charge in [0.15, 0.2) is 0 Å². The summed E-state index contributed by atoms with van der Waals surface area (Å²) in [6.45, 7) is 0.465. The van der Waals surface area contributed by atoms with Crippen LogP contribution in [0.2, 0.25) is 10.0 Å². The molecule has 3 aromatic rings. The van der Waals surface area contributed by atoms with Crippen molar-refractivity contribution in [3.63, 3.8) is 0 Å². The molecular weight excluding hydrogens is 465 g/mol. The first-order valence-corrected chi connectivity index (χ1v) is 11.0. The van der Waals surface area contributed by atoms with E-state index in [-0.39, 0.29) is 36.9 Å². The van der Waals surface area contributed by atoms with Crippen molar-refractivity contribution in [2.24, 2.45) is 5.92 Å². The number of carbonyl (C=O) groups is 2. The fourth-order valence-corrected chi connectivity index (χ4v) is 4.14. The predicted octanol–water partition coefficient (Wildman–Crippen LogP) is 4.20. The van der Waals surface area contributed by atoms with Crippen molar-refractivity contribution in [2.45, 2.75) is 13.0 Å². The summed E-state index contributed by atoms with van der Waals surface area (Å²) in [6.07, 6.45) is 1.62. The molecule has 7 nitrogen and oxygen atoms in total. The number of halogens is 2. The quantitative estimate of drug-likeness (QED) is 0.567. The molecule has 1 N–H and O–H groups in total. The van der Waals surface area contributed by atoms with Crippen molar-refractivity contribution in [1.29, 1.82) is 0 Å². The van der Waals surface area contributed by atoms with Crippen LogP contribution in [0.3, 0.4) is 0 Å². The van der Waals surface area contributed by atoms with Crippen LogP contribution in [0.25, 0.3) is 0 Å². The van der Waals surface area contributed by atoms with Crippen LogP contribution in [0.5, 0.6) is 5.75 Å². The van der Waals surface area contributed by atoms with Crippen LogP contribution in [0.15, 0.2) is 65.6 Å². The van der Waals surface area contributed by atoms with Gasteiger partial charge in [-0.3, -0.25) is 14.4 Å². The Morgan fingerprint density at radius 1 is 1.12 bits per heavy atom. The summed E-state index contributed by atoms with van der Waals surface area (Å²) in [5, 5.41) is 3.84. The number of anilines is 2. The Balaban J connectivity index is 1.49. The maximum Gasteiger partial charge on any atom is 0.250 e. The highest BCUT2D eigenvalue weighted by Gasteiger charge is 2.36. The van der Waals surface area contributed by atoms with Crippen LogP contribution in [-0.2, 0) is 16.1 Å². The number of nitrogens with one attached hydrogen (secondary N) is 1. The second-order valence-corrected chi connectivity index (χ2v) is 8.53. The van der Waals surface area contributed by atoms with E-state index in [1.165, 1.54) is 28.7 Å². The number of pyridine rings is 1. The maximum atomic E-state index is 12.9.